The molecule has 1 atom stereocenters. The van der Waals surface area contributed by atoms with Gasteiger partial charge < -0.3 is 15.2 Å². The maximum Gasteiger partial charge on any atom is 0.221 e. The molecule has 0 bridgehead atoms. The maximum atomic E-state index is 9.19. The van der Waals surface area contributed by atoms with Crippen molar-refractivity contribution in [1.82, 2.24) is 9.97 Å². The molecule has 0 aliphatic rings. The lowest BCUT2D eigenvalue weighted by Crippen LogP contribution is -2.35. The zero-order valence-electron chi connectivity index (χ0n) is 12.5. The predicted octanol–water partition coefficient (Wildman–Crippen LogP) is 2.39. The number of hydrogen-bond donors (Lipinski definition) is 2. The Bertz CT molecular complexity index is 402. The van der Waals surface area contributed by atoms with Gasteiger partial charge in [0.1, 0.15) is 12.1 Å². The first-order chi connectivity index (χ1) is 8.90. The van der Waals surface area contributed by atoms with Crippen molar-refractivity contribution in [2.24, 2.45) is 5.41 Å². The van der Waals surface area contributed by atoms with E-state index >= 15 is 0 Å². The number of hydrogen-bond acceptors (Lipinski definition) is 5. The van der Waals surface area contributed by atoms with E-state index in [4.69, 9.17) is 4.74 Å². The third-order valence-electron chi connectivity index (χ3n) is 3.09. The van der Waals surface area contributed by atoms with Crippen LogP contribution in [0, 0.1) is 12.3 Å². The Morgan fingerprint density at radius 3 is 2.58 bits per heavy atom. The largest absolute Gasteiger partial charge is 0.478 e. The summed E-state index contributed by atoms with van der Waals surface area (Å²) in [4.78, 5) is 8.39. The monoisotopic (exact) mass is 267 g/mol. The lowest BCUT2D eigenvalue weighted by Gasteiger charge is -2.32. The summed E-state index contributed by atoms with van der Waals surface area (Å²) in [5, 5.41) is 12.6. The van der Waals surface area contributed by atoms with Gasteiger partial charge in [-0.2, -0.15) is 0 Å². The highest BCUT2D eigenvalue weighted by molar-refractivity contribution is 5.48. The van der Waals surface area contributed by atoms with Crippen LogP contribution in [-0.4, -0.2) is 34.3 Å². The average molecular weight is 267 g/mol. The van der Waals surface area contributed by atoms with Crippen molar-refractivity contribution in [2.45, 2.75) is 47.1 Å². The van der Waals surface area contributed by atoms with Crippen LogP contribution in [0.1, 0.15) is 39.7 Å². The molecule has 1 aromatic heterocycles. The van der Waals surface area contributed by atoms with Gasteiger partial charge in [0.2, 0.25) is 5.88 Å². The fraction of sp³-hybridized carbons (Fsp3) is 0.714. The zero-order valence-corrected chi connectivity index (χ0v) is 12.5. The lowest BCUT2D eigenvalue weighted by molar-refractivity contribution is 0.235. The van der Waals surface area contributed by atoms with E-state index in [2.05, 4.69) is 36.1 Å². The van der Waals surface area contributed by atoms with E-state index in [1.165, 1.54) is 6.33 Å². The van der Waals surface area contributed by atoms with Gasteiger partial charge in [0.25, 0.3) is 0 Å². The Balaban J connectivity index is 2.93. The molecule has 1 aromatic rings. The van der Waals surface area contributed by atoms with Crippen LogP contribution in [0.5, 0.6) is 5.88 Å². The third kappa shape index (κ3) is 4.35. The quantitative estimate of drug-likeness (QED) is 0.828. The Morgan fingerprint density at radius 1 is 1.37 bits per heavy atom. The summed E-state index contributed by atoms with van der Waals surface area (Å²) in [6.45, 7) is 11.0. The molecule has 0 aromatic carbocycles. The molecule has 1 rings (SSSR count). The van der Waals surface area contributed by atoms with Crippen molar-refractivity contribution in [3.63, 3.8) is 0 Å². The smallest absolute Gasteiger partial charge is 0.221 e. The molecule has 0 radical (unpaired) electrons. The number of nitrogens with zero attached hydrogens (tertiary/aromatic N) is 2. The Hall–Kier alpha value is -1.36. The Labute approximate surface area is 115 Å². The van der Waals surface area contributed by atoms with Crippen molar-refractivity contribution < 1.29 is 9.84 Å². The minimum atomic E-state index is 0.0336. The van der Waals surface area contributed by atoms with Gasteiger partial charge in [-0.1, -0.05) is 20.8 Å². The van der Waals surface area contributed by atoms with E-state index < -0.39 is 0 Å². The second-order valence-corrected chi connectivity index (χ2v) is 5.66. The molecule has 1 heterocycles. The molecule has 108 valence electrons. The summed E-state index contributed by atoms with van der Waals surface area (Å²) in [7, 11) is 0. The highest BCUT2D eigenvalue weighted by Gasteiger charge is 2.25. The van der Waals surface area contributed by atoms with Crippen LogP contribution in [0.2, 0.25) is 0 Å². The van der Waals surface area contributed by atoms with Crippen LogP contribution < -0.4 is 10.1 Å². The van der Waals surface area contributed by atoms with Crippen molar-refractivity contribution in [3.05, 3.63) is 11.9 Å². The van der Waals surface area contributed by atoms with Gasteiger partial charge in [-0.05, 0) is 25.7 Å². The molecule has 0 aliphatic heterocycles. The van der Waals surface area contributed by atoms with Crippen LogP contribution in [-0.2, 0) is 0 Å². The van der Waals surface area contributed by atoms with Gasteiger partial charge in [-0.3, -0.25) is 0 Å². The molecule has 0 aliphatic carbocycles. The van der Waals surface area contributed by atoms with Gasteiger partial charge in [0.05, 0.1) is 12.2 Å². The molecular weight excluding hydrogens is 242 g/mol. The second-order valence-electron chi connectivity index (χ2n) is 5.66. The lowest BCUT2D eigenvalue weighted by atomic mass is 9.85. The van der Waals surface area contributed by atoms with Crippen LogP contribution >= 0.6 is 0 Å². The molecule has 0 saturated heterocycles. The van der Waals surface area contributed by atoms with E-state index in [9.17, 15) is 5.11 Å². The fourth-order valence-electron chi connectivity index (χ4n) is 1.88. The molecule has 0 amide bonds. The standard InChI is InChI=1S/C14H25N3O2/c1-6-19-13-10(2)12(15-9-16-13)17-11(7-8-18)14(3,4)5/h9,11,18H,6-8H2,1-5H3,(H,15,16,17). The summed E-state index contributed by atoms with van der Waals surface area (Å²) < 4.78 is 5.46. The first kappa shape index (κ1) is 15.7. The number of aliphatic hydroxyl groups excluding tert-OH is 1. The van der Waals surface area contributed by atoms with E-state index in [-0.39, 0.29) is 18.1 Å². The number of aliphatic hydroxyl groups is 1. The molecule has 2 N–H and O–H groups in total. The summed E-state index contributed by atoms with van der Waals surface area (Å²) >= 11 is 0. The maximum absolute atomic E-state index is 9.19. The van der Waals surface area contributed by atoms with E-state index in [1.807, 2.05) is 13.8 Å². The molecule has 19 heavy (non-hydrogen) atoms. The van der Waals surface area contributed by atoms with Gasteiger partial charge >= 0.3 is 0 Å². The first-order valence-corrected chi connectivity index (χ1v) is 6.72. The minimum Gasteiger partial charge on any atom is -0.478 e. The van der Waals surface area contributed by atoms with E-state index in [1.54, 1.807) is 0 Å². The number of anilines is 1. The second kappa shape index (κ2) is 6.70. The molecule has 1 unspecified atom stereocenters. The van der Waals surface area contributed by atoms with Crippen molar-refractivity contribution in [3.8, 4) is 5.88 Å². The van der Waals surface area contributed by atoms with Crippen LogP contribution in [0.3, 0.4) is 0 Å². The van der Waals surface area contributed by atoms with Gasteiger partial charge in [-0.25, -0.2) is 9.97 Å². The molecule has 0 fully saturated rings. The van der Waals surface area contributed by atoms with Crippen LogP contribution in [0.4, 0.5) is 5.82 Å². The third-order valence-corrected chi connectivity index (χ3v) is 3.09. The zero-order chi connectivity index (χ0) is 14.5. The summed E-state index contributed by atoms with van der Waals surface area (Å²) in [5.41, 5.74) is 0.933. The Morgan fingerprint density at radius 2 is 2.05 bits per heavy atom. The molecular formula is C14H25N3O2. The topological polar surface area (TPSA) is 67.3 Å². The number of aromatic nitrogens is 2. The van der Waals surface area contributed by atoms with Crippen molar-refractivity contribution >= 4 is 5.82 Å². The van der Waals surface area contributed by atoms with E-state index in [0.29, 0.717) is 18.9 Å². The molecule has 0 spiro atoms. The number of nitrogens with one attached hydrogen (secondary N) is 1. The summed E-state index contributed by atoms with van der Waals surface area (Å²) in [5.74, 6) is 1.38. The number of rotatable bonds is 6. The van der Waals surface area contributed by atoms with Gasteiger partial charge in [0.15, 0.2) is 0 Å². The fourth-order valence-corrected chi connectivity index (χ4v) is 1.88. The normalized spacial score (nSPS) is 13.2. The highest BCUT2D eigenvalue weighted by Crippen LogP contribution is 2.28. The van der Waals surface area contributed by atoms with Gasteiger partial charge in [-0.15, -0.1) is 0 Å². The van der Waals surface area contributed by atoms with Crippen LogP contribution in [0.15, 0.2) is 6.33 Å². The van der Waals surface area contributed by atoms with E-state index in [0.717, 1.165) is 11.4 Å². The minimum absolute atomic E-state index is 0.0336. The number of ether oxygens (including phenoxy) is 1. The SMILES string of the molecule is CCOc1ncnc(NC(CCO)C(C)(C)C)c1C. The molecule has 5 heteroatoms. The highest BCUT2D eigenvalue weighted by atomic mass is 16.5. The Kier molecular flexibility index (Phi) is 5.54. The molecule has 0 saturated carbocycles. The average Bonchev–Trinajstić information content (AvgIpc) is 2.32. The predicted molar refractivity (Wildman–Crippen MR) is 76.5 cm³/mol. The molecule has 5 nitrogen and oxygen atoms in total. The summed E-state index contributed by atoms with van der Waals surface area (Å²) in [6, 6.07) is 0.139. The van der Waals surface area contributed by atoms with Crippen LogP contribution in [0.25, 0.3) is 0 Å². The summed E-state index contributed by atoms with van der Waals surface area (Å²) in [6.07, 6.45) is 2.18. The first-order valence-electron chi connectivity index (χ1n) is 6.72. The van der Waals surface area contributed by atoms with Crippen molar-refractivity contribution in [1.29, 1.82) is 0 Å². The van der Waals surface area contributed by atoms with Crippen molar-refractivity contribution in [2.75, 3.05) is 18.5 Å². The van der Waals surface area contributed by atoms with Gasteiger partial charge in [0, 0.05) is 12.6 Å².